The molecule has 1 amide bonds. The van der Waals surface area contributed by atoms with Crippen LogP contribution >= 0.6 is 11.6 Å². The molecule has 0 unspecified atom stereocenters. The monoisotopic (exact) mass is 327 g/mol. The number of carbonyl (C=O) groups is 1. The van der Waals surface area contributed by atoms with Crippen LogP contribution in [0.2, 0.25) is 5.02 Å². The number of fused-ring (bicyclic) bond motifs is 1. The molecular weight excluding hydrogens is 314 g/mol. The second-order valence-corrected chi connectivity index (χ2v) is 5.50. The number of aliphatic imine (C=N–C) groups is 1. The molecule has 0 atom stereocenters. The number of nitrogens with one attached hydrogen (secondary N) is 2. The molecule has 0 saturated heterocycles. The largest absolute Gasteiger partial charge is 0.494 e. The van der Waals surface area contributed by atoms with Gasteiger partial charge in [-0.2, -0.15) is 0 Å². The highest BCUT2D eigenvalue weighted by Crippen LogP contribution is 2.28. The summed E-state index contributed by atoms with van der Waals surface area (Å²) in [5.74, 6) is -0.112. The number of aromatic amines is 1. The quantitative estimate of drug-likeness (QED) is 0.629. The number of rotatable bonds is 3. The Balaban J connectivity index is 1.95. The van der Waals surface area contributed by atoms with Crippen LogP contribution in [0.4, 0.5) is 11.4 Å². The van der Waals surface area contributed by atoms with Gasteiger partial charge in [0.15, 0.2) is 5.88 Å². The third-order valence-electron chi connectivity index (χ3n) is 3.29. The lowest BCUT2D eigenvalue weighted by molar-refractivity contribution is -0.114. The number of benzene rings is 2. The molecule has 0 saturated carbocycles. The number of amides is 1. The molecule has 3 aromatic rings. The summed E-state index contributed by atoms with van der Waals surface area (Å²) >= 11 is 6.01. The number of nitrogens with zero attached hydrogens (tertiary/aromatic N) is 1. The Morgan fingerprint density at radius 2 is 2.13 bits per heavy atom. The molecule has 23 heavy (non-hydrogen) atoms. The molecule has 5 nitrogen and oxygen atoms in total. The van der Waals surface area contributed by atoms with E-state index in [-0.39, 0.29) is 11.8 Å². The zero-order chi connectivity index (χ0) is 16.4. The highest BCUT2D eigenvalue weighted by molar-refractivity contribution is 6.31. The summed E-state index contributed by atoms with van der Waals surface area (Å²) in [6.45, 7) is 1.45. The molecule has 1 aromatic heterocycles. The van der Waals surface area contributed by atoms with Crippen LogP contribution in [-0.4, -0.2) is 22.2 Å². The van der Waals surface area contributed by atoms with Gasteiger partial charge in [-0.05, 0) is 36.4 Å². The van der Waals surface area contributed by atoms with Gasteiger partial charge in [-0.15, -0.1) is 0 Å². The fourth-order valence-corrected chi connectivity index (χ4v) is 2.48. The predicted octanol–water partition coefficient (Wildman–Crippen LogP) is 4.24. The fourth-order valence-electron chi connectivity index (χ4n) is 2.31. The number of hydrogen-bond donors (Lipinski definition) is 3. The number of carbonyl (C=O) groups excluding carboxylic acids is 1. The lowest BCUT2D eigenvalue weighted by atomic mass is 10.2. The zero-order valence-electron chi connectivity index (χ0n) is 12.3. The van der Waals surface area contributed by atoms with Crippen molar-refractivity contribution in [1.82, 2.24) is 4.98 Å². The Morgan fingerprint density at radius 3 is 2.91 bits per heavy atom. The molecule has 0 aliphatic carbocycles. The lowest BCUT2D eigenvalue weighted by Gasteiger charge is -2.02. The number of hydrogen-bond acceptors (Lipinski definition) is 3. The molecule has 0 fully saturated rings. The minimum atomic E-state index is -0.143. The molecule has 116 valence electrons. The first kappa shape index (κ1) is 15.1. The predicted molar refractivity (Wildman–Crippen MR) is 93.0 cm³/mol. The third kappa shape index (κ3) is 3.35. The topological polar surface area (TPSA) is 77.5 Å². The van der Waals surface area contributed by atoms with Crippen LogP contribution in [0.25, 0.3) is 10.9 Å². The Kier molecular flexibility index (Phi) is 4.04. The van der Waals surface area contributed by atoms with E-state index < -0.39 is 0 Å². The molecule has 2 aromatic carbocycles. The van der Waals surface area contributed by atoms with Gasteiger partial charge in [0.2, 0.25) is 5.91 Å². The molecule has 3 rings (SSSR count). The van der Waals surface area contributed by atoms with Gasteiger partial charge in [0.25, 0.3) is 0 Å². The number of aromatic hydroxyl groups is 1. The summed E-state index contributed by atoms with van der Waals surface area (Å²) in [4.78, 5) is 18.3. The first-order valence-electron chi connectivity index (χ1n) is 6.95. The minimum absolute atomic E-state index is 0.0315. The highest BCUT2D eigenvalue weighted by Gasteiger charge is 2.09. The standard InChI is InChI=1S/C17H14ClN3O2/c1-10(22)20-13-4-2-3-12(8-13)19-9-15-14-7-11(18)5-6-16(14)21-17(15)23/h2-9,21,23H,1H3,(H,20,22). The summed E-state index contributed by atoms with van der Waals surface area (Å²) < 4.78 is 0. The maximum absolute atomic E-state index is 11.1. The van der Waals surface area contributed by atoms with E-state index in [4.69, 9.17) is 11.6 Å². The normalized spacial score (nSPS) is 11.2. The first-order chi connectivity index (χ1) is 11.0. The number of anilines is 1. The van der Waals surface area contributed by atoms with E-state index in [1.54, 1.807) is 48.7 Å². The van der Waals surface area contributed by atoms with Gasteiger partial charge in [0.05, 0.1) is 11.3 Å². The summed E-state index contributed by atoms with van der Waals surface area (Å²) in [5.41, 5.74) is 2.66. The zero-order valence-corrected chi connectivity index (χ0v) is 13.1. The van der Waals surface area contributed by atoms with Gasteiger partial charge >= 0.3 is 0 Å². The van der Waals surface area contributed by atoms with Crippen LogP contribution in [0.3, 0.4) is 0 Å². The molecule has 1 heterocycles. The fraction of sp³-hybridized carbons (Fsp3) is 0.0588. The Morgan fingerprint density at radius 1 is 1.30 bits per heavy atom. The summed E-state index contributed by atoms with van der Waals surface area (Å²) in [6.07, 6.45) is 1.57. The number of H-pyrrole nitrogens is 1. The van der Waals surface area contributed by atoms with Gasteiger partial charge in [0.1, 0.15) is 0 Å². The molecule has 0 aliphatic rings. The number of halogens is 1. The van der Waals surface area contributed by atoms with Crippen molar-refractivity contribution in [2.75, 3.05) is 5.32 Å². The third-order valence-corrected chi connectivity index (χ3v) is 3.52. The van der Waals surface area contributed by atoms with E-state index in [1.807, 2.05) is 0 Å². The van der Waals surface area contributed by atoms with E-state index in [0.29, 0.717) is 22.0 Å². The van der Waals surface area contributed by atoms with Crippen molar-refractivity contribution < 1.29 is 9.90 Å². The van der Waals surface area contributed by atoms with E-state index in [2.05, 4.69) is 15.3 Å². The Labute approximate surface area is 137 Å². The average Bonchev–Trinajstić information content (AvgIpc) is 2.80. The first-order valence-corrected chi connectivity index (χ1v) is 7.32. The van der Waals surface area contributed by atoms with Crippen LogP contribution in [0.5, 0.6) is 5.88 Å². The van der Waals surface area contributed by atoms with Crippen molar-refractivity contribution in [2.24, 2.45) is 4.99 Å². The van der Waals surface area contributed by atoms with Gasteiger partial charge in [0, 0.05) is 34.8 Å². The second-order valence-electron chi connectivity index (χ2n) is 5.07. The Bertz CT molecular complexity index is 915. The maximum Gasteiger partial charge on any atom is 0.221 e. The molecule has 0 aliphatic heterocycles. The van der Waals surface area contributed by atoms with Crippen molar-refractivity contribution in [3.63, 3.8) is 0 Å². The van der Waals surface area contributed by atoms with Gasteiger partial charge in [-0.25, -0.2) is 0 Å². The van der Waals surface area contributed by atoms with Crippen molar-refractivity contribution in [2.45, 2.75) is 6.92 Å². The van der Waals surface area contributed by atoms with Crippen LogP contribution in [-0.2, 0) is 4.79 Å². The Hall–Kier alpha value is -2.79. The van der Waals surface area contributed by atoms with E-state index in [9.17, 15) is 9.90 Å². The van der Waals surface area contributed by atoms with E-state index in [1.165, 1.54) is 6.92 Å². The second kappa shape index (κ2) is 6.14. The maximum atomic E-state index is 11.1. The van der Waals surface area contributed by atoms with Crippen LogP contribution in [0, 0.1) is 0 Å². The van der Waals surface area contributed by atoms with Gasteiger partial charge in [-0.1, -0.05) is 17.7 Å². The molecule has 0 bridgehead atoms. The molecule has 6 heteroatoms. The molecular formula is C17H14ClN3O2. The van der Waals surface area contributed by atoms with E-state index in [0.717, 1.165) is 10.9 Å². The lowest BCUT2D eigenvalue weighted by Crippen LogP contribution is -2.05. The van der Waals surface area contributed by atoms with Gasteiger partial charge in [-0.3, -0.25) is 9.79 Å². The minimum Gasteiger partial charge on any atom is -0.494 e. The smallest absolute Gasteiger partial charge is 0.221 e. The average molecular weight is 328 g/mol. The number of aromatic nitrogens is 1. The van der Waals surface area contributed by atoms with Crippen LogP contribution in [0.1, 0.15) is 12.5 Å². The van der Waals surface area contributed by atoms with Gasteiger partial charge < -0.3 is 15.4 Å². The molecule has 0 spiro atoms. The van der Waals surface area contributed by atoms with Crippen molar-refractivity contribution >= 4 is 46.0 Å². The van der Waals surface area contributed by atoms with Crippen LogP contribution in [0.15, 0.2) is 47.5 Å². The summed E-state index contributed by atoms with van der Waals surface area (Å²) in [5, 5.41) is 14.1. The van der Waals surface area contributed by atoms with Crippen molar-refractivity contribution in [1.29, 1.82) is 0 Å². The summed E-state index contributed by atoms with van der Waals surface area (Å²) in [7, 11) is 0. The van der Waals surface area contributed by atoms with E-state index >= 15 is 0 Å². The SMILES string of the molecule is CC(=O)Nc1cccc(N=Cc2c(O)[nH]c3ccc(Cl)cc23)c1. The van der Waals surface area contributed by atoms with Crippen molar-refractivity contribution in [3.05, 3.63) is 53.1 Å². The molecule has 0 radical (unpaired) electrons. The van der Waals surface area contributed by atoms with Crippen LogP contribution < -0.4 is 5.32 Å². The molecule has 3 N–H and O–H groups in total. The summed E-state index contributed by atoms with van der Waals surface area (Å²) in [6, 6.07) is 12.4. The van der Waals surface area contributed by atoms with Crippen molar-refractivity contribution in [3.8, 4) is 5.88 Å². The highest BCUT2D eigenvalue weighted by atomic mass is 35.5.